The minimum atomic E-state index is -0.722. The highest BCUT2D eigenvalue weighted by molar-refractivity contribution is 7.97. The van der Waals surface area contributed by atoms with Crippen LogP contribution < -0.4 is 20.7 Å². The van der Waals surface area contributed by atoms with E-state index < -0.39 is 42.7 Å². The molecule has 2 aromatic heterocycles. The van der Waals surface area contributed by atoms with Gasteiger partial charge in [-0.1, -0.05) is 165 Å². The third-order valence-corrected chi connectivity index (χ3v) is 15.3. The van der Waals surface area contributed by atoms with E-state index in [1.54, 1.807) is 0 Å². The van der Waals surface area contributed by atoms with E-state index in [1.807, 2.05) is 18.0 Å². The third-order valence-electron chi connectivity index (χ3n) is 14.2. The highest BCUT2D eigenvalue weighted by Crippen LogP contribution is 2.46. The lowest BCUT2D eigenvalue weighted by atomic mass is 9.49. The molecule has 0 amide bonds. The van der Waals surface area contributed by atoms with Crippen molar-refractivity contribution in [1.29, 1.82) is 0 Å². The maximum atomic E-state index is 6.79. The molecule has 10 rings (SSSR count). The average molecular weight is 1020 g/mol. The van der Waals surface area contributed by atoms with Crippen molar-refractivity contribution in [1.82, 2.24) is 9.55 Å². The standard InChI is InChI=1S/C58H72B6N4O6S/c1-54(2,3)42-29-30-65-53(33-42)68-49-24-17-16-23-47(49)48-28-27-41(32-52(48)68)38-75-37-40-21-20-22-45(31-40)66-39-67(51-26-19-18-25-50(51)66)46-35-43(59-69-61(55(4,5)6)73-62(70-59)56(7,8)9)34-44(36-46)60-71-63(57(10,11)12)74-64(72-60)58(13,14)15/h16-36H,37-39H2,1-15H3. The minimum Gasteiger partial charge on any atom is -0.452 e. The number of benzene rings is 5. The number of aromatic nitrogens is 2. The molecule has 0 unspecified atom stereocenters. The zero-order valence-corrected chi connectivity index (χ0v) is 47.7. The number of para-hydroxylation sites is 3. The largest absolute Gasteiger partial charge is 0.466 e. The van der Waals surface area contributed by atoms with Crippen LogP contribution in [0.2, 0.25) is 21.3 Å². The summed E-state index contributed by atoms with van der Waals surface area (Å²) in [5.41, 5.74) is 12.2. The molecule has 17 heteroatoms. The number of hydrogen-bond donors (Lipinski definition) is 0. The van der Waals surface area contributed by atoms with Crippen LogP contribution in [0.3, 0.4) is 0 Å². The Morgan fingerprint density at radius 1 is 0.467 bits per heavy atom. The van der Waals surface area contributed by atoms with Crippen molar-refractivity contribution in [3.05, 3.63) is 144 Å². The molecule has 0 radical (unpaired) electrons. The Hall–Kier alpha value is -4.85. The summed E-state index contributed by atoms with van der Waals surface area (Å²) in [4.78, 5) is 9.69. The van der Waals surface area contributed by atoms with Gasteiger partial charge in [0.2, 0.25) is 0 Å². The highest BCUT2D eigenvalue weighted by atomic mass is 32.2. The van der Waals surface area contributed by atoms with Crippen molar-refractivity contribution in [2.24, 2.45) is 0 Å². The molecule has 75 heavy (non-hydrogen) atoms. The Morgan fingerprint density at radius 3 is 1.52 bits per heavy atom. The third kappa shape index (κ3) is 11.3. The summed E-state index contributed by atoms with van der Waals surface area (Å²) in [6.07, 6.45) is 1.95. The SMILES string of the molecule is CC(C)(C)B1OB(c2cc(B3OB(C(C)(C)C)OB(C(C)(C)C)O3)cc(N3CN(c4cccc(CSCc5ccc6c7ccccc7n(-c7cc(C(C)(C)C)ccn7)c6c5)c4)c4ccccc43)c2)OB(C(C)(C)C)O1. The molecule has 0 aliphatic carbocycles. The van der Waals surface area contributed by atoms with E-state index in [2.05, 4.69) is 240 Å². The maximum Gasteiger partial charge on any atom is 0.466 e. The van der Waals surface area contributed by atoms with E-state index >= 15 is 0 Å². The molecule has 0 bridgehead atoms. The predicted molar refractivity (Wildman–Crippen MR) is 320 cm³/mol. The average Bonchev–Trinajstić information content (AvgIpc) is 3.91. The molecule has 5 heterocycles. The van der Waals surface area contributed by atoms with Gasteiger partial charge in [0.25, 0.3) is 0 Å². The van der Waals surface area contributed by atoms with Gasteiger partial charge in [-0.3, -0.25) is 4.57 Å². The second-order valence-corrected chi connectivity index (χ2v) is 27.1. The van der Waals surface area contributed by atoms with Crippen molar-refractivity contribution in [2.45, 2.75) is 142 Å². The van der Waals surface area contributed by atoms with Gasteiger partial charge in [-0.2, -0.15) is 11.8 Å². The molecule has 0 spiro atoms. The Labute approximate surface area is 453 Å². The summed E-state index contributed by atoms with van der Waals surface area (Å²) < 4.78 is 42.6. The molecule has 0 saturated carbocycles. The predicted octanol–water partition coefficient (Wildman–Crippen LogP) is 13.8. The van der Waals surface area contributed by atoms with Crippen LogP contribution in [0.1, 0.15) is 121 Å². The molecule has 0 N–H and O–H groups in total. The Morgan fingerprint density at radius 2 is 0.973 bits per heavy atom. The van der Waals surface area contributed by atoms with E-state index in [1.165, 1.54) is 38.5 Å². The van der Waals surface area contributed by atoms with Crippen molar-refractivity contribution in [2.75, 3.05) is 16.5 Å². The van der Waals surface area contributed by atoms with Gasteiger partial charge < -0.3 is 37.2 Å². The van der Waals surface area contributed by atoms with Crippen molar-refractivity contribution < 1.29 is 27.4 Å². The number of thioether (sulfide) groups is 1. The van der Waals surface area contributed by atoms with Gasteiger partial charge in [0.05, 0.1) is 22.4 Å². The normalized spacial score (nSPS) is 16.3. The molecule has 7 aromatic rings. The lowest BCUT2D eigenvalue weighted by Crippen LogP contribution is -2.61. The molecule has 384 valence electrons. The molecular formula is C58H72B6N4O6S. The van der Waals surface area contributed by atoms with E-state index in [-0.39, 0.29) is 26.7 Å². The van der Waals surface area contributed by atoms with Crippen LogP contribution in [0, 0.1) is 0 Å². The number of nitrogens with zero attached hydrogens (tertiary/aromatic N) is 4. The molecule has 2 fully saturated rings. The number of fused-ring (bicyclic) bond motifs is 4. The molecule has 3 aliphatic rings. The first-order chi connectivity index (χ1) is 35.3. The van der Waals surface area contributed by atoms with E-state index in [0.29, 0.717) is 6.67 Å². The lowest BCUT2D eigenvalue weighted by Gasteiger charge is -2.42. The molecule has 3 aliphatic heterocycles. The van der Waals surface area contributed by atoms with E-state index in [4.69, 9.17) is 32.4 Å². The lowest BCUT2D eigenvalue weighted by molar-refractivity contribution is 0.250. The zero-order chi connectivity index (χ0) is 53.4. The molecule has 5 aromatic carbocycles. The first kappa shape index (κ1) is 53.5. The Bertz CT molecular complexity index is 3100. The van der Waals surface area contributed by atoms with Gasteiger partial charge in [0, 0.05) is 39.8 Å². The van der Waals surface area contributed by atoms with Crippen LogP contribution in [0.4, 0.5) is 22.7 Å². The van der Waals surface area contributed by atoms with E-state index in [9.17, 15) is 0 Å². The van der Waals surface area contributed by atoms with Crippen LogP contribution in [0.5, 0.6) is 0 Å². The monoisotopic (exact) mass is 1020 g/mol. The Balaban J connectivity index is 0.950. The first-order valence-electron chi connectivity index (χ1n) is 26.7. The fraction of sp³-hybridized carbons (Fsp3) is 0.397. The summed E-state index contributed by atoms with van der Waals surface area (Å²) >= 11 is 1.93. The highest BCUT2D eigenvalue weighted by Gasteiger charge is 2.53. The molecular weight excluding hydrogens is 946 g/mol. The van der Waals surface area contributed by atoms with Crippen LogP contribution >= 0.6 is 11.8 Å². The van der Waals surface area contributed by atoms with E-state index in [0.717, 1.165) is 51.0 Å². The second-order valence-electron chi connectivity index (χ2n) is 26.1. The fourth-order valence-corrected chi connectivity index (χ4v) is 10.9. The maximum absolute atomic E-state index is 6.79. The van der Waals surface area contributed by atoms with Gasteiger partial charge in [0.1, 0.15) is 12.5 Å². The minimum absolute atomic E-state index is 0.0104. The van der Waals surface area contributed by atoms with Gasteiger partial charge in [-0.15, -0.1) is 0 Å². The zero-order valence-electron chi connectivity index (χ0n) is 46.9. The summed E-state index contributed by atoms with van der Waals surface area (Å²) in [5, 5.41) is 1.23. The van der Waals surface area contributed by atoms with Gasteiger partial charge in [-0.05, 0) is 115 Å². The van der Waals surface area contributed by atoms with Crippen LogP contribution in [-0.2, 0) is 44.4 Å². The molecule has 10 nitrogen and oxygen atoms in total. The van der Waals surface area contributed by atoms with Crippen molar-refractivity contribution >= 4 is 110 Å². The van der Waals surface area contributed by atoms with Crippen molar-refractivity contribution in [3.8, 4) is 5.82 Å². The molecule has 2 saturated heterocycles. The van der Waals surface area contributed by atoms with Crippen LogP contribution in [0.25, 0.3) is 27.6 Å². The number of pyridine rings is 1. The molecule has 0 atom stereocenters. The summed E-state index contributed by atoms with van der Waals surface area (Å²) in [5.74, 6) is 2.68. The second kappa shape index (κ2) is 20.2. The van der Waals surface area contributed by atoms with Crippen LogP contribution in [0.15, 0.2) is 128 Å². The number of anilines is 4. The van der Waals surface area contributed by atoms with Crippen molar-refractivity contribution in [3.63, 3.8) is 0 Å². The number of hydrogen-bond acceptors (Lipinski definition) is 10. The van der Waals surface area contributed by atoms with Gasteiger partial charge >= 0.3 is 42.7 Å². The van der Waals surface area contributed by atoms with Gasteiger partial charge in [0.15, 0.2) is 0 Å². The van der Waals surface area contributed by atoms with Gasteiger partial charge in [-0.25, -0.2) is 4.98 Å². The Kier molecular flexibility index (Phi) is 14.4. The summed E-state index contributed by atoms with van der Waals surface area (Å²) in [6, 6.07) is 44.1. The summed E-state index contributed by atoms with van der Waals surface area (Å²) in [7, 11) is -3.49. The fourth-order valence-electron chi connectivity index (χ4n) is 10.0. The quantitative estimate of drug-likeness (QED) is 0.130. The first-order valence-corrected chi connectivity index (χ1v) is 27.8. The topological polar surface area (TPSA) is 79.7 Å². The summed E-state index contributed by atoms with van der Waals surface area (Å²) in [6.45, 7) is 33.0. The van der Waals surface area contributed by atoms with Crippen LogP contribution in [-0.4, -0.2) is 58.9 Å². The number of rotatable bonds is 9. The smallest absolute Gasteiger partial charge is 0.452 e.